The van der Waals surface area contributed by atoms with Crippen LogP contribution in [-0.2, 0) is 10.3 Å². The molecule has 0 fully saturated rings. The summed E-state index contributed by atoms with van der Waals surface area (Å²) in [7, 11) is -4.25. The van der Waals surface area contributed by atoms with E-state index in [1.54, 1.807) is 0 Å². The van der Waals surface area contributed by atoms with E-state index in [0.29, 0.717) is 0 Å². The zero-order valence-electron chi connectivity index (χ0n) is 4.01. The quantitative estimate of drug-likeness (QED) is 0.271. The average Bonchev–Trinajstić information content (AvgIpc) is 1.35. The number of hydrogen-bond donors (Lipinski definition) is 1. The van der Waals surface area contributed by atoms with Crippen molar-refractivity contribution in [3.05, 3.63) is 0 Å². The van der Waals surface area contributed by atoms with Crippen LogP contribution in [-0.4, -0.2) is 18.4 Å². The fourth-order valence-corrected chi connectivity index (χ4v) is 0. The van der Waals surface area contributed by atoms with Crippen molar-refractivity contribution >= 4 is 26.5 Å². The van der Waals surface area contributed by atoms with Gasteiger partial charge in [0.2, 0.25) is 0 Å². The van der Waals surface area contributed by atoms with Crippen molar-refractivity contribution in [2.24, 2.45) is 0 Å². The number of nitrogens with one attached hydrogen (secondary N) is 1. The Kier molecular flexibility index (Phi) is 13.0. The van der Waals surface area contributed by atoms with Crippen LogP contribution in [0.1, 0.15) is 0 Å². The number of halogens is 1. The third-order valence-corrected chi connectivity index (χ3v) is 1.47. The second kappa shape index (κ2) is 6.43. The smallest absolute Gasteiger partial charge is 0.735 e. The molecule has 46 valence electrons. The minimum atomic E-state index is -4.25. The first-order chi connectivity index (χ1) is 2.56. The molecule has 0 aliphatic heterocycles. The monoisotopic (exact) mass is 215 g/mol. The minimum absolute atomic E-state index is 0. The molecule has 0 aromatic carbocycles. The fourth-order valence-electron chi connectivity index (χ4n) is 0. The van der Waals surface area contributed by atoms with Gasteiger partial charge < -0.3 is 10.0 Å². The van der Waals surface area contributed by atoms with Crippen LogP contribution < -0.4 is 33.3 Å². The maximum atomic E-state index is 9.29. The van der Waals surface area contributed by atoms with Gasteiger partial charge in [-0.3, -0.25) is 0 Å². The van der Waals surface area contributed by atoms with Crippen LogP contribution in [0.3, 0.4) is 0 Å². The molecule has 0 unspecified atom stereocenters. The summed E-state index contributed by atoms with van der Waals surface area (Å²) >= 11 is 2.22. The zero-order valence-corrected chi connectivity index (χ0v) is 8.41. The predicted molar refractivity (Wildman–Crippen MR) is 25.4 cm³/mol. The first-order valence-corrected chi connectivity index (χ1v) is 3.09. The van der Waals surface area contributed by atoms with Crippen molar-refractivity contribution in [1.29, 1.82) is 0 Å². The molecule has 0 rings (SSSR count). The Balaban J connectivity index is -0.000000125. The summed E-state index contributed by atoms with van der Waals surface area (Å²) in [6.45, 7) is 0. The van der Waals surface area contributed by atoms with Crippen molar-refractivity contribution in [2.75, 3.05) is 0 Å². The Morgan fingerprint density at radius 2 is 1.62 bits per heavy atom. The molecule has 8 heteroatoms. The molecule has 0 saturated heterocycles. The molecule has 0 aromatic heterocycles. The third-order valence-electron chi connectivity index (χ3n) is 0.0945. The molecule has 8 heavy (non-hydrogen) atoms. The van der Waals surface area contributed by atoms with E-state index in [1.807, 2.05) is 0 Å². The average molecular weight is 216 g/mol. The normalized spacial score (nSPS) is 8.75. The first kappa shape index (κ1) is 16.1. The van der Waals surface area contributed by atoms with Crippen LogP contribution in [0.15, 0.2) is 0 Å². The molecule has 0 aliphatic rings. The molecule has 0 spiro atoms. The second-order valence-corrected chi connectivity index (χ2v) is 2.57. The van der Waals surface area contributed by atoms with Crippen LogP contribution in [0.25, 0.3) is 0 Å². The van der Waals surface area contributed by atoms with E-state index < -0.39 is 10.3 Å². The summed E-state index contributed by atoms with van der Waals surface area (Å²) < 4.78 is 29.2. The summed E-state index contributed by atoms with van der Waals surface area (Å²) in [6, 6.07) is 0. The summed E-state index contributed by atoms with van der Waals surface area (Å²) in [5.74, 6) is 0. The van der Waals surface area contributed by atoms with E-state index in [9.17, 15) is 13.0 Å². The molecule has 0 atom stereocenters. The molecule has 0 aromatic rings. The fraction of sp³-hybridized carbons (Fsp3) is 0. The van der Waals surface area contributed by atoms with Crippen molar-refractivity contribution in [1.82, 2.24) is 3.75 Å². The Bertz CT molecular complexity index is 118. The van der Waals surface area contributed by atoms with Crippen LogP contribution in [0, 0.1) is 0 Å². The van der Waals surface area contributed by atoms with Crippen LogP contribution in [0.5, 0.6) is 0 Å². The van der Waals surface area contributed by atoms with Gasteiger partial charge in [0.1, 0.15) is 0 Å². The second-order valence-electron chi connectivity index (χ2n) is 0.531. The van der Waals surface area contributed by atoms with Gasteiger partial charge in [-0.1, -0.05) is 0 Å². The van der Waals surface area contributed by atoms with E-state index in [4.69, 9.17) is 0 Å². The molecular weight excluding hydrogens is 213 g/mol. The van der Waals surface area contributed by atoms with Crippen LogP contribution in [0.2, 0.25) is 0 Å². The van der Waals surface area contributed by atoms with Gasteiger partial charge in [0.25, 0.3) is 0 Å². The first-order valence-electron chi connectivity index (χ1n) is 0.893. The van der Waals surface area contributed by atoms with Gasteiger partial charge in [0.05, 0.1) is 0 Å². The molecule has 0 heterocycles. The van der Waals surface area contributed by atoms with Crippen LogP contribution in [0.4, 0.5) is 0 Å². The summed E-state index contributed by atoms with van der Waals surface area (Å²) in [5, 5.41) is 0. The molecule has 0 saturated carbocycles. The van der Waals surface area contributed by atoms with Crippen molar-refractivity contribution in [3.8, 4) is 0 Å². The molecule has 3 N–H and O–H groups in total. The Morgan fingerprint density at radius 3 is 1.62 bits per heavy atom. The van der Waals surface area contributed by atoms with Crippen LogP contribution >= 0.6 is 16.1 Å². The SMILES string of the molecule is O.O=S(=O)([O-])NBr.[Na+]. The summed E-state index contributed by atoms with van der Waals surface area (Å²) in [6.07, 6.45) is 0. The van der Waals surface area contributed by atoms with Gasteiger partial charge in [0, 0.05) is 16.1 Å². The van der Waals surface area contributed by atoms with Gasteiger partial charge in [0.15, 0.2) is 10.3 Å². The van der Waals surface area contributed by atoms with Gasteiger partial charge in [-0.2, -0.15) is 3.75 Å². The maximum absolute atomic E-state index is 9.29. The van der Waals surface area contributed by atoms with E-state index in [-0.39, 0.29) is 35.0 Å². The number of rotatable bonds is 1. The van der Waals surface area contributed by atoms with Crippen molar-refractivity contribution in [2.45, 2.75) is 0 Å². The predicted octanol–water partition coefficient (Wildman–Crippen LogP) is -4.47. The molecule has 0 aliphatic carbocycles. The number of hydrogen-bond acceptors (Lipinski definition) is 3. The molecule has 5 nitrogen and oxygen atoms in total. The minimum Gasteiger partial charge on any atom is -0.735 e. The Morgan fingerprint density at radius 1 is 1.50 bits per heavy atom. The molecule has 0 radical (unpaired) electrons. The molecule has 0 bridgehead atoms. The summed E-state index contributed by atoms with van der Waals surface area (Å²) in [5.41, 5.74) is 0. The van der Waals surface area contributed by atoms with E-state index in [0.717, 1.165) is 0 Å². The van der Waals surface area contributed by atoms with Gasteiger partial charge in [-0.05, 0) is 0 Å². The van der Waals surface area contributed by atoms with Gasteiger partial charge in [-0.15, -0.1) is 0 Å². The topological polar surface area (TPSA) is 101 Å². The van der Waals surface area contributed by atoms with Crippen molar-refractivity contribution in [3.63, 3.8) is 0 Å². The summed E-state index contributed by atoms with van der Waals surface area (Å²) in [4.78, 5) is 0. The Labute approximate surface area is 77.7 Å². The maximum Gasteiger partial charge on any atom is 1.00 e. The standard InChI is InChI=1S/BrH2NO3S.Na.H2O/c1-2-6(3,4)5;;/h2H,(H,3,4,5);;1H2/q;+1;/p-1. The largest absolute Gasteiger partial charge is 1.00 e. The van der Waals surface area contributed by atoms with Gasteiger partial charge >= 0.3 is 29.6 Å². The third kappa shape index (κ3) is 15.7. The van der Waals surface area contributed by atoms with E-state index in [1.165, 1.54) is 3.75 Å². The Hall–Kier alpha value is 1.31. The molecular formula is H3BrNNaO4S. The van der Waals surface area contributed by atoms with Crippen molar-refractivity contribution < 1.29 is 48.0 Å². The van der Waals surface area contributed by atoms with Gasteiger partial charge in [-0.25, -0.2) is 8.42 Å². The van der Waals surface area contributed by atoms with E-state index >= 15 is 0 Å². The molecule has 0 amide bonds. The zero-order chi connectivity index (χ0) is 5.21. The van der Waals surface area contributed by atoms with E-state index in [2.05, 4.69) is 16.1 Å².